The van der Waals surface area contributed by atoms with Crippen LogP contribution < -0.4 is 10.1 Å². The van der Waals surface area contributed by atoms with Crippen molar-refractivity contribution in [1.29, 1.82) is 0 Å². The zero-order valence-electron chi connectivity index (χ0n) is 18.8. The van der Waals surface area contributed by atoms with Crippen LogP contribution in [0, 0.1) is 13.8 Å². The van der Waals surface area contributed by atoms with E-state index in [1.165, 1.54) is 17.4 Å². The van der Waals surface area contributed by atoms with Gasteiger partial charge in [-0.25, -0.2) is 15.0 Å². The molecule has 0 saturated heterocycles. The molecule has 1 amide bonds. The molecule has 0 aliphatic heterocycles. The van der Waals surface area contributed by atoms with E-state index in [9.17, 15) is 18.0 Å². The Labute approximate surface area is 202 Å². The van der Waals surface area contributed by atoms with Crippen molar-refractivity contribution in [2.24, 2.45) is 0 Å². The average Bonchev–Trinajstić information content (AvgIpc) is 3.26. The van der Waals surface area contributed by atoms with Gasteiger partial charge in [-0.2, -0.15) is 18.3 Å². The number of rotatable bonds is 6. The number of hydrogen-bond acceptors (Lipinski definition) is 8. The van der Waals surface area contributed by atoms with Crippen LogP contribution in [-0.4, -0.2) is 31.1 Å². The minimum atomic E-state index is -4.64. The van der Waals surface area contributed by atoms with Crippen LogP contribution in [0.25, 0.3) is 10.6 Å². The van der Waals surface area contributed by atoms with E-state index >= 15 is 0 Å². The molecule has 180 valence electrons. The van der Waals surface area contributed by atoms with Gasteiger partial charge in [-0.15, -0.1) is 16.4 Å². The summed E-state index contributed by atoms with van der Waals surface area (Å²) in [6.45, 7) is 5.34. The molecule has 4 rings (SSSR count). The summed E-state index contributed by atoms with van der Waals surface area (Å²) < 4.78 is 44.0. The summed E-state index contributed by atoms with van der Waals surface area (Å²) in [5.41, 5.74) is 1.98. The first kappa shape index (κ1) is 24.2. The van der Waals surface area contributed by atoms with E-state index in [0.29, 0.717) is 21.9 Å². The predicted octanol–water partition coefficient (Wildman–Crippen LogP) is 5.31. The van der Waals surface area contributed by atoms with Crippen molar-refractivity contribution in [3.63, 3.8) is 0 Å². The summed E-state index contributed by atoms with van der Waals surface area (Å²) in [5, 5.41) is 11.4. The Morgan fingerprint density at radius 1 is 1.03 bits per heavy atom. The summed E-state index contributed by atoms with van der Waals surface area (Å²) in [5.74, 6) is -1.10. The molecule has 35 heavy (non-hydrogen) atoms. The number of amides is 1. The standard InChI is InChI=1S/C23H19F3N6O2S/c1-12-4-5-19(32-31-12)34-18-7-15(6-16(8-18)21-27-9-13(2)35-21)20(33)30-14(3)17-10-28-22(29-11-17)23(24,25)26/h4-11,14H,1-3H3,(H,30,33). The van der Waals surface area contributed by atoms with Gasteiger partial charge < -0.3 is 10.1 Å². The third-order valence-electron chi connectivity index (χ3n) is 4.81. The maximum absolute atomic E-state index is 13.1. The minimum Gasteiger partial charge on any atom is -0.437 e. The molecule has 0 aliphatic rings. The zero-order chi connectivity index (χ0) is 25.2. The molecule has 1 unspecified atom stereocenters. The van der Waals surface area contributed by atoms with Crippen LogP contribution >= 0.6 is 11.3 Å². The van der Waals surface area contributed by atoms with Gasteiger partial charge >= 0.3 is 6.18 Å². The first-order valence-corrected chi connectivity index (χ1v) is 11.2. The Hall–Kier alpha value is -3.93. The average molecular weight is 501 g/mol. The fourth-order valence-corrected chi connectivity index (χ4v) is 3.79. The van der Waals surface area contributed by atoms with Crippen LogP contribution in [0.15, 0.2) is 48.9 Å². The number of aryl methyl sites for hydroxylation is 2. The highest BCUT2D eigenvalue weighted by atomic mass is 32.1. The van der Waals surface area contributed by atoms with E-state index in [0.717, 1.165) is 23.0 Å². The highest BCUT2D eigenvalue weighted by molar-refractivity contribution is 7.14. The molecule has 0 spiro atoms. The van der Waals surface area contributed by atoms with Crippen molar-refractivity contribution in [2.75, 3.05) is 0 Å². The van der Waals surface area contributed by atoms with Gasteiger partial charge in [0.05, 0.1) is 11.7 Å². The molecule has 3 aromatic heterocycles. The molecule has 12 heteroatoms. The molecule has 0 aliphatic carbocycles. The van der Waals surface area contributed by atoms with Gasteiger partial charge in [-0.1, -0.05) is 0 Å². The van der Waals surface area contributed by atoms with Crippen LogP contribution in [0.4, 0.5) is 13.2 Å². The molecular weight excluding hydrogens is 481 g/mol. The van der Waals surface area contributed by atoms with Gasteiger partial charge in [-0.3, -0.25) is 4.79 Å². The summed E-state index contributed by atoms with van der Waals surface area (Å²) in [6.07, 6.45) is -0.830. The number of nitrogens with one attached hydrogen (secondary N) is 1. The van der Waals surface area contributed by atoms with Gasteiger partial charge in [-0.05, 0) is 45.0 Å². The molecule has 4 aromatic rings. The van der Waals surface area contributed by atoms with Gasteiger partial charge in [0.2, 0.25) is 11.7 Å². The molecule has 3 heterocycles. The van der Waals surface area contributed by atoms with Crippen LogP contribution in [0.1, 0.15) is 45.3 Å². The van der Waals surface area contributed by atoms with E-state index < -0.39 is 23.9 Å². The van der Waals surface area contributed by atoms with Crippen molar-refractivity contribution < 1.29 is 22.7 Å². The van der Waals surface area contributed by atoms with Crippen molar-refractivity contribution >= 4 is 17.2 Å². The first-order chi connectivity index (χ1) is 16.6. The molecule has 1 aromatic carbocycles. The summed E-state index contributed by atoms with van der Waals surface area (Å²) in [6, 6.07) is 7.70. The number of carbonyl (C=O) groups excluding carboxylic acids is 1. The van der Waals surface area contributed by atoms with Crippen LogP contribution in [0.3, 0.4) is 0 Å². The van der Waals surface area contributed by atoms with Gasteiger partial charge in [0.1, 0.15) is 10.8 Å². The highest BCUT2D eigenvalue weighted by Gasteiger charge is 2.34. The smallest absolute Gasteiger partial charge is 0.437 e. The largest absolute Gasteiger partial charge is 0.451 e. The Balaban J connectivity index is 1.60. The summed E-state index contributed by atoms with van der Waals surface area (Å²) in [7, 11) is 0. The quantitative estimate of drug-likeness (QED) is 0.383. The van der Waals surface area contributed by atoms with E-state index in [2.05, 4.69) is 30.5 Å². The number of benzene rings is 1. The molecule has 0 bridgehead atoms. The van der Waals surface area contributed by atoms with E-state index in [-0.39, 0.29) is 11.4 Å². The van der Waals surface area contributed by atoms with Crippen molar-refractivity contribution in [3.05, 3.63) is 76.4 Å². The fourth-order valence-electron chi connectivity index (χ4n) is 3.03. The third kappa shape index (κ3) is 5.96. The van der Waals surface area contributed by atoms with Crippen molar-refractivity contribution in [2.45, 2.75) is 33.0 Å². The van der Waals surface area contributed by atoms with Gasteiger partial charge in [0, 0.05) is 46.2 Å². The summed E-state index contributed by atoms with van der Waals surface area (Å²) in [4.78, 5) is 25.1. The maximum Gasteiger partial charge on any atom is 0.451 e. The lowest BCUT2D eigenvalue weighted by Crippen LogP contribution is -2.27. The Morgan fingerprint density at radius 3 is 2.37 bits per heavy atom. The van der Waals surface area contributed by atoms with Gasteiger partial charge in [0.15, 0.2) is 0 Å². The first-order valence-electron chi connectivity index (χ1n) is 10.3. The van der Waals surface area contributed by atoms with E-state index in [1.807, 2.05) is 6.92 Å². The molecule has 8 nitrogen and oxygen atoms in total. The SMILES string of the molecule is Cc1ccc(Oc2cc(C(=O)NC(C)c3cnc(C(F)(F)F)nc3)cc(-c3ncc(C)s3)c2)nn1. The highest BCUT2D eigenvalue weighted by Crippen LogP contribution is 2.31. The fraction of sp³-hybridized carbons (Fsp3) is 0.217. The second kappa shape index (κ2) is 9.74. The maximum atomic E-state index is 13.1. The second-order valence-electron chi connectivity index (χ2n) is 7.67. The number of ether oxygens (including phenoxy) is 1. The number of carbonyl (C=O) groups is 1. The topological polar surface area (TPSA) is 103 Å². The number of alkyl halides is 3. The molecule has 1 atom stereocenters. The van der Waals surface area contributed by atoms with Crippen LogP contribution in [0.2, 0.25) is 0 Å². The molecule has 1 N–H and O–H groups in total. The summed E-state index contributed by atoms with van der Waals surface area (Å²) >= 11 is 1.46. The zero-order valence-corrected chi connectivity index (χ0v) is 19.6. The Kier molecular flexibility index (Phi) is 6.74. The molecule has 0 fully saturated rings. The van der Waals surface area contributed by atoms with E-state index in [4.69, 9.17) is 4.74 Å². The Bertz CT molecular complexity index is 1340. The van der Waals surface area contributed by atoms with E-state index in [1.54, 1.807) is 44.3 Å². The number of nitrogens with zero attached hydrogens (tertiary/aromatic N) is 5. The lowest BCUT2D eigenvalue weighted by molar-refractivity contribution is -0.145. The predicted molar refractivity (Wildman–Crippen MR) is 122 cm³/mol. The lowest BCUT2D eigenvalue weighted by Gasteiger charge is -2.15. The Morgan fingerprint density at radius 2 is 1.77 bits per heavy atom. The molecular formula is C23H19F3N6O2S. The van der Waals surface area contributed by atoms with Gasteiger partial charge in [0.25, 0.3) is 5.91 Å². The lowest BCUT2D eigenvalue weighted by atomic mass is 10.1. The monoisotopic (exact) mass is 500 g/mol. The third-order valence-corrected chi connectivity index (χ3v) is 5.77. The normalized spacial score (nSPS) is 12.3. The second-order valence-corrected chi connectivity index (χ2v) is 8.90. The number of hydrogen-bond donors (Lipinski definition) is 1. The minimum absolute atomic E-state index is 0.254. The van der Waals surface area contributed by atoms with Crippen LogP contribution in [0.5, 0.6) is 11.6 Å². The molecule has 0 radical (unpaired) electrons. The van der Waals surface area contributed by atoms with Crippen molar-refractivity contribution in [1.82, 2.24) is 30.5 Å². The number of aromatic nitrogens is 5. The number of halogens is 3. The number of thiazole rings is 1. The molecule has 0 saturated carbocycles. The van der Waals surface area contributed by atoms with Crippen molar-refractivity contribution in [3.8, 4) is 22.2 Å². The van der Waals surface area contributed by atoms with Crippen LogP contribution in [-0.2, 0) is 6.18 Å².